The molecule has 152 valence electrons. The first-order valence-corrected chi connectivity index (χ1v) is 8.92. The molecule has 1 amide bonds. The first-order chi connectivity index (χ1) is 13.3. The molecule has 8 nitrogen and oxygen atoms in total. The van der Waals surface area contributed by atoms with E-state index in [2.05, 4.69) is 20.5 Å². The maximum Gasteiger partial charge on any atom is 0.417 e. The lowest BCUT2D eigenvalue weighted by atomic mass is 9.95. The van der Waals surface area contributed by atoms with Crippen LogP contribution in [0.2, 0.25) is 0 Å². The molecule has 28 heavy (non-hydrogen) atoms. The molecule has 3 rings (SSSR count). The zero-order valence-corrected chi connectivity index (χ0v) is 15.4. The summed E-state index contributed by atoms with van der Waals surface area (Å²) >= 11 is 0. The van der Waals surface area contributed by atoms with E-state index in [9.17, 15) is 18.0 Å². The molecule has 1 aliphatic heterocycles. The Morgan fingerprint density at radius 2 is 2.18 bits per heavy atom. The van der Waals surface area contributed by atoms with Crippen molar-refractivity contribution in [1.29, 1.82) is 0 Å². The topological polar surface area (TPSA) is 101 Å². The quantitative estimate of drug-likeness (QED) is 0.600. The minimum atomic E-state index is -4.44. The summed E-state index contributed by atoms with van der Waals surface area (Å²) in [5, 5.41) is 11.0. The molecular formula is C17H22F3N7O. The standard InChI is InChI=1S/C17H22F3N7O/c1-22-16(26-6-2-3-11(9-26)7-13(21)28)23-8-15-25-24-14-5-4-12(10-27(14)15)17(18,19)20/h4-5,10-11H,2-3,6-9H2,1H3,(H2,21,28)(H,22,23). The van der Waals surface area contributed by atoms with Crippen molar-refractivity contribution in [1.82, 2.24) is 24.8 Å². The van der Waals surface area contributed by atoms with Gasteiger partial charge in [-0.1, -0.05) is 0 Å². The zero-order chi connectivity index (χ0) is 20.3. The normalized spacial score (nSPS) is 18.5. The van der Waals surface area contributed by atoms with Gasteiger partial charge < -0.3 is 16.0 Å². The summed E-state index contributed by atoms with van der Waals surface area (Å²) in [5.41, 5.74) is 4.86. The number of hydrogen-bond donors (Lipinski definition) is 2. The number of likely N-dealkylation sites (tertiary alicyclic amines) is 1. The highest BCUT2D eigenvalue weighted by Crippen LogP contribution is 2.29. The van der Waals surface area contributed by atoms with Crippen LogP contribution in [0.4, 0.5) is 13.2 Å². The second kappa shape index (κ2) is 8.03. The lowest BCUT2D eigenvalue weighted by Crippen LogP contribution is -2.47. The number of alkyl halides is 3. The molecule has 0 aliphatic carbocycles. The molecule has 0 aromatic carbocycles. The number of nitrogens with one attached hydrogen (secondary N) is 1. The van der Waals surface area contributed by atoms with Crippen LogP contribution in [0, 0.1) is 5.92 Å². The number of piperidine rings is 1. The maximum absolute atomic E-state index is 13.0. The third kappa shape index (κ3) is 4.52. The minimum Gasteiger partial charge on any atom is -0.370 e. The van der Waals surface area contributed by atoms with Crippen molar-refractivity contribution in [2.24, 2.45) is 16.6 Å². The van der Waals surface area contributed by atoms with E-state index >= 15 is 0 Å². The molecule has 2 aromatic rings. The first kappa shape index (κ1) is 19.9. The molecule has 0 spiro atoms. The number of carbonyl (C=O) groups excluding carboxylic acids is 1. The number of halogens is 3. The van der Waals surface area contributed by atoms with Crippen LogP contribution in [-0.4, -0.2) is 51.5 Å². The number of amides is 1. The van der Waals surface area contributed by atoms with Gasteiger partial charge in [0.05, 0.1) is 12.1 Å². The van der Waals surface area contributed by atoms with Crippen LogP contribution in [0.5, 0.6) is 0 Å². The number of carbonyl (C=O) groups is 1. The van der Waals surface area contributed by atoms with Gasteiger partial charge in [-0.15, -0.1) is 10.2 Å². The van der Waals surface area contributed by atoms with Crippen LogP contribution in [-0.2, 0) is 17.5 Å². The highest BCUT2D eigenvalue weighted by Gasteiger charge is 2.31. The fourth-order valence-corrected chi connectivity index (χ4v) is 3.43. The van der Waals surface area contributed by atoms with E-state index in [0.29, 0.717) is 30.4 Å². The van der Waals surface area contributed by atoms with Gasteiger partial charge in [0.15, 0.2) is 17.4 Å². The van der Waals surface area contributed by atoms with Crippen molar-refractivity contribution in [3.05, 3.63) is 29.7 Å². The number of hydrogen-bond acceptors (Lipinski definition) is 4. The van der Waals surface area contributed by atoms with E-state index < -0.39 is 11.7 Å². The van der Waals surface area contributed by atoms with Crippen LogP contribution >= 0.6 is 0 Å². The predicted octanol–water partition coefficient (Wildman–Crippen LogP) is 1.41. The molecular weight excluding hydrogens is 375 g/mol. The average molecular weight is 397 g/mol. The van der Waals surface area contributed by atoms with E-state index in [-0.39, 0.29) is 18.4 Å². The SMILES string of the molecule is CN=C(NCc1nnc2ccc(C(F)(F)F)cn12)N1CCCC(CC(N)=O)C1. The molecule has 0 bridgehead atoms. The van der Waals surface area contributed by atoms with Crippen molar-refractivity contribution in [2.45, 2.75) is 32.0 Å². The molecule has 0 saturated carbocycles. The summed E-state index contributed by atoms with van der Waals surface area (Å²) in [6.45, 7) is 1.57. The molecule has 1 unspecified atom stereocenters. The third-order valence-corrected chi connectivity index (χ3v) is 4.73. The van der Waals surface area contributed by atoms with Crippen molar-refractivity contribution in [2.75, 3.05) is 20.1 Å². The Labute approximate surface area is 159 Å². The van der Waals surface area contributed by atoms with Gasteiger partial charge in [0.1, 0.15) is 0 Å². The number of primary amides is 1. The molecule has 1 fully saturated rings. The Morgan fingerprint density at radius 3 is 2.86 bits per heavy atom. The number of aliphatic imine (C=N–C) groups is 1. The van der Waals surface area contributed by atoms with E-state index in [1.54, 1.807) is 7.05 Å². The molecule has 3 heterocycles. The van der Waals surface area contributed by atoms with Gasteiger partial charge in [0, 0.05) is 32.8 Å². The molecule has 3 N–H and O–H groups in total. The van der Waals surface area contributed by atoms with Crippen LogP contribution in [0.1, 0.15) is 30.7 Å². The van der Waals surface area contributed by atoms with Gasteiger partial charge in [0.25, 0.3) is 0 Å². The molecule has 1 aliphatic rings. The monoisotopic (exact) mass is 397 g/mol. The van der Waals surface area contributed by atoms with E-state index in [1.165, 1.54) is 10.5 Å². The first-order valence-electron chi connectivity index (χ1n) is 8.92. The van der Waals surface area contributed by atoms with Crippen molar-refractivity contribution in [3.8, 4) is 0 Å². The van der Waals surface area contributed by atoms with Gasteiger partial charge in [0.2, 0.25) is 5.91 Å². The Hall–Kier alpha value is -2.85. The number of aromatic nitrogens is 3. The fourth-order valence-electron chi connectivity index (χ4n) is 3.43. The van der Waals surface area contributed by atoms with Crippen molar-refractivity contribution >= 4 is 17.5 Å². The summed E-state index contributed by atoms with van der Waals surface area (Å²) in [6, 6.07) is 2.26. The summed E-state index contributed by atoms with van der Waals surface area (Å²) in [7, 11) is 1.63. The van der Waals surface area contributed by atoms with Gasteiger partial charge >= 0.3 is 6.18 Å². The van der Waals surface area contributed by atoms with Crippen LogP contribution in [0.3, 0.4) is 0 Å². The summed E-state index contributed by atoms with van der Waals surface area (Å²) in [5.74, 6) is 0.768. The summed E-state index contributed by atoms with van der Waals surface area (Å²) in [6.07, 6.45) is -1.31. The number of pyridine rings is 1. The second-order valence-electron chi connectivity index (χ2n) is 6.79. The number of rotatable bonds is 4. The lowest BCUT2D eigenvalue weighted by Gasteiger charge is -2.34. The van der Waals surface area contributed by atoms with Crippen LogP contribution < -0.4 is 11.1 Å². The van der Waals surface area contributed by atoms with Gasteiger partial charge in [-0.2, -0.15) is 13.2 Å². The number of fused-ring (bicyclic) bond motifs is 1. The number of nitrogens with two attached hydrogens (primary N) is 1. The highest BCUT2D eigenvalue weighted by atomic mass is 19.4. The Morgan fingerprint density at radius 1 is 1.39 bits per heavy atom. The molecule has 2 aromatic heterocycles. The molecule has 0 radical (unpaired) electrons. The third-order valence-electron chi connectivity index (χ3n) is 4.73. The van der Waals surface area contributed by atoms with Gasteiger partial charge in [-0.25, -0.2) is 0 Å². The largest absolute Gasteiger partial charge is 0.417 e. The second-order valence-corrected chi connectivity index (χ2v) is 6.79. The Balaban J connectivity index is 1.71. The molecule has 1 saturated heterocycles. The molecule has 1 atom stereocenters. The number of guanidine groups is 1. The smallest absolute Gasteiger partial charge is 0.370 e. The summed E-state index contributed by atoms with van der Waals surface area (Å²) < 4.78 is 40.2. The number of nitrogens with zero attached hydrogens (tertiary/aromatic N) is 5. The van der Waals surface area contributed by atoms with Gasteiger partial charge in [-0.05, 0) is 30.9 Å². The zero-order valence-electron chi connectivity index (χ0n) is 15.4. The highest BCUT2D eigenvalue weighted by molar-refractivity contribution is 5.80. The van der Waals surface area contributed by atoms with E-state index in [0.717, 1.165) is 31.6 Å². The Bertz CT molecular complexity index is 877. The van der Waals surface area contributed by atoms with Crippen molar-refractivity contribution in [3.63, 3.8) is 0 Å². The van der Waals surface area contributed by atoms with Crippen molar-refractivity contribution < 1.29 is 18.0 Å². The summed E-state index contributed by atoms with van der Waals surface area (Å²) in [4.78, 5) is 17.4. The molecule has 11 heteroatoms. The minimum absolute atomic E-state index is 0.159. The van der Waals surface area contributed by atoms with Crippen LogP contribution in [0.15, 0.2) is 23.3 Å². The Kier molecular flexibility index (Phi) is 5.71. The van der Waals surface area contributed by atoms with E-state index in [1.807, 2.05) is 4.90 Å². The van der Waals surface area contributed by atoms with Gasteiger partial charge in [-0.3, -0.25) is 14.2 Å². The predicted molar refractivity (Wildman–Crippen MR) is 96.3 cm³/mol. The lowest BCUT2D eigenvalue weighted by molar-refractivity contribution is -0.137. The maximum atomic E-state index is 13.0. The van der Waals surface area contributed by atoms with E-state index in [4.69, 9.17) is 5.73 Å². The van der Waals surface area contributed by atoms with Crippen LogP contribution in [0.25, 0.3) is 5.65 Å². The average Bonchev–Trinajstić information content (AvgIpc) is 3.04. The fraction of sp³-hybridized carbons (Fsp3) is 0.529.